The first-order valence-corrected chi connectivity index (χ1v) is 6.29. The molecule has 0 amide bonds. The van der Waals surface area contributed by atoms with Crippen molar-refractivity contribution >= 4 is 28.1 Å². The van der Waals surface area contributed by atoms with Crippen LogP contribution in [-0.2, 0) is 13.5 Å². The van der Waals surface area contributed by atoms with Crippen LogP contribution in [0.1, 0.15) is 5.69 Å². The number of benzene rings is 1. The van der Waals surface area contributed by atoms with Gasteiger partial charge in [0.2, 0.25) is 0 Å². The minimum atomic E-state index is 0.455. The van der Waals surface area contributed by atoms with Gasteiger partial charge in [-0.2, -0.15) is 10.2 Å². The van der Waals surface area contributed by atoms with Crippen LogP contribution in [0.15, 0.2) is 30.5 Å². The molecule has 0 fully saturated rings. The van der Waals surface area contributed by atoms with Gasteiger partial charge in [-0.3, -0.25) is 9.78 Å². The van der Waals surface area contributed by atoms with Gasteiger partial charge < -0.3 is 5.73 Å². The van der Waals surface area contributed by atoms with Gasteiger partial charge in [-0.05, 0) is 18.2 Å². The molecule has 0 aliphatic heterocycles. The molecule has 0 unspecified atom stereocenters. The summed E-state index contributed by atoms with van der Waals surface area (Å²) in [7, 11) is 1.92. The highest BCUT2D eigenvalue weighted by Gasteiger charge is 2.09. The molecule has 1 aromatic carbocycles. The van der Waals surface area contributed by atoms with Gasteiger partial charge in [-0.25, -0.2) is 0 Å². The third kappa shape index (κ3) is 2.10. The molecule has 0 radical (unpaired) electrons. The van der Waals surface area contributed by atoms with Crippen molar-refractivity contribution in [1.82, 2.24) is 20.0 Å². The summed E-state index contributed by atoms with van der Waals surface area (Å²) in [6, 6.07) is 8.08. The van der Waals surface area contributed by atoms with Gasteiger partial charge in [0.05, 0.1) is 16.2 Å². The zero-order valence-electron chi connectivity index (χ0n) is 10.4. The number of hydrogen-bond acceptors (Lipinski definition) is 3. The van der Waals surface area contributed by atoms with Crippen LogP contribution in [0.25, 0.3) is 22.2 Å². The smallest absolute Gasteiger partial charge is 0.0924 e. The third-order valence-corrected chi connectivity index (χ3v) is 3.25. The van der Waals surface area contributed by atoms with E-state index in [9.17, 15) is 0 Å². The molecule has 0 saturated heterocycles. The zero-order chi connectivity index (χ0) is 13.4. The van der Waals surface area contributed by atoms with Crippen LogP contribution in [0, 0.1) is 0 Å². The Morgan fingerprint density at radius 3 is 2.95 bits per heavy atom. The highest BCUT2D eigenvalue weighted by Crippen LogP contribution is 2.25. The lowest BCUT2D eigenvalue weighted by atomic mass is 10.1. The molecule has 6 heteroatoms. The van der Waals surface area contributed by atoms with Crippen LogP contribution in [-0.4, -0.2) is 25.0 Å². The van der Waals surface area contributed by atoms with Crippen molar-refractivity contribution in [3.63, 3.8) is 0 Å². The lowest BCUT2D eigenvalue weighted by molar-refractivity contribution is 0.776. The predicted molar refractivity (Wildman–Crippen MR) is 78.8 cm³/mol. The van der Waals surface area contributed by atoms with E-state index in [1.807, 2.05) is 29.9 Å². The molecule has 0 saturated carbocycles. The van der Waals surface area contributed by atoms with Crippen LogP contribution in [0.3, 0.4) is 0 Å². The summed E-state index contributed by atoms with van der Waals surface area (Å²) < 4.78 is 1.84. The first kappa shape index (κ1) is 11.9. The third-order valence-electron chi connectivity index (χ3n) is 3.10. The molecule has 0 atom stereocenters. The van der Waals surface area contributed by atoms with Crippen molar-refractivity contribution in [3.8, 4) is 11.3 Å². The average molecular weight is 271 g/mol. The monoisotopic (exact) mass is 271 g/mol. The summed E-state index contributed by atoms with van der Waals surface area (Å²) in [4.78, 5) is 0.455. The largest absolute Gasteiger partial charge is 0.393 e. The van der Waals surface area contributed by atoms with Crippen molar-refractivity contribution in [2.45, 2.75) is 6.42 Å². The quantitative estimate of drug-likeness (QED) is 0.712. The molecule has 2 heterocycles. The fourth-order valence-electron chi connectivity index (χ4n) is 2.19. The Morgan fingerprint density at radius 2 is 2.26 bits per heavy atom. The minimum absolute atomic E-state index is 0.455. The van der Waals surface area contributed by atoms with Crippen molar-refractivity contribution in [2.24, 2.45) is 12.8 Å². The Kier molecular flexibility index (Phi) is 2.79. The molecule has 3 N–H and O–H groups in total. The zero-order valence-corrected chi connectivity index (χ0v) is 11.2. The Hall–Kier alpha value is -2.21. The normalized spacial score (nSPS) is 11.0. The maximum Gasteiger partial charge on any atom is 0.0924 e. The van der Waals surface area contributed by atoms with E-state index in [2.05, 4.69) is 21.4 Å². The van der Waals surface area contributed by atoms with E-state index in [0.717, 1.165) is 27.9 Å². The molecule has 2 aromatic heterocycles. The van der Waals surface area contributed by atoms with Gasteiger partial charge in [-0.1, -0.05) is 18.3 Å². The fraction of sp³-hybridized carbons (Fsp3) is 0.154. The van der Waals surface area contributed by atoms with E-state index >= 15 is 0 Å². The van der Waals surface area contributed by atoms with E-state index in [4.69, 9.17) is 18.0 Å². The van der Waals surface area contributed by atoms with E-state index in [1.165, 1.54) is 0 Å². The predicted octanol–water partition coefficient (Wildman–Crippen LogP) is 1.79. The molecule has 0 aliphatic carbocycles. The molecular formula is C13H13N5S. The van der Waals surface area contributed by atoms with Crippen LogP contribution in [0.2, 0.25) is 0 Å². The summed E-state index contributed by atoms with van der Waals surface area (Å²) >= 11 is 4.96. The lowest BCUT2D eigenvalue weighted by Crippen LogP contribution is -2.11. The van der Waals surface area contributed by atoms with Crippen LogP contribution < -0.4 is 5.73 Å². The van der Waals surface area contributed by atoms with Crippen LogP contribution in [0.4, 0.5) is 0 Å². The number of nitrogens with zero attached hydrogens (tertiary/aromatic N) is 3. The molecule has 0 bridgehead atoms. The Balaban J connectivity index is 2.14. The number of nitrogens with two attached hydrogens (primary N) is 1. The summed E-state index contributed by atoms with van der Waals surface area (Å²) in [5, 5.41) is 12.5. The highest BCUT2D eigenvalue weighted by molar-refractivity contribution is 7.80. The Morgan fingerprint density at radius 1 is 1.42 bits per heavy atom. The number of rotatable bonds is 3. The van der Waals surface area contributed by atoms with E-state index < -0.39 is 0 Å². The topological polar surface area (TPSA) is 72.5 Å². The van der Waals surface area contributed by atoms with Gasteiger partial charge in [0.25, 0.3) is 0 Å². The van der Waals surface area contributed by atoms with Crippen molar-refractivity contribution in [1.29, 1.82) is 0 Å². The molecule has 5 nitrogen and oxygen atoms in total. The molecule has 0 aliphatic rings. The Bertz CT molecular complexity index is 755. The summed E-state index contributed by atoms with van der Waals surface area (Å²) in [5.41, 5.74) is 9.62. The highest BCUT2D eigenvalue weighted by atomic mass is 32.1. The van der Waals surface area contributed by atoms with Gasteiger partial charge in [-0.15, -0.1) is 0 Å². The summed E-state index contributed by atoms with van der Waals surface area (Å²) in [5.74, 6) is 0. The number of aromatic amines is 1. The molecule has 3 aromatic rings. The maximum atomic E-state index is 5.60. The second-order valence-electron chi connectivity index (χ2n) is 4.42. The number of nitrogens with one attached hydrogen (secondary N) is 1. The average Bonchev–Trinajstić information content (AvgIpc) is 2.95. The van der Waals surface area contributed by atoms with Crippen LogP contribution in [0.5, 0.6) is 0 Å². The first-order valence-electron chi connectivity index (χ1n) is 5.89. The van der Waals surface area contributed by atoms with Crippen molar-refractivity contribution < 1.29 is 0 Å². The molecule has 3 rings (SSSR count). The Labute approximate surface area is 115 Å². The van der Waals surface area contributed by atoms with E-state index in [-0.39, 0.29) is 0 Å². The molecule has 19 heavy (non-hydrogen) atoms. The van der Waals surface area contributed by atoms with Crippen molar-refractivity contribution in [3.05, 3.63) is 36.2 Å². The second-order valence-corrected chi connectivity index (χ2v) is 4.94. The molecular weight excluding hydrogens is 258 g/mol. The van der Waals surface area contributed by atoms with Gasteiger partial charge >= 0.3 is 0 Å². The fourth-order valence-corrected chi connectivity index (χ4v) is 2.33. The van der Waals surface area contributed by atoms with Gasteiger partial charge in [0, 0.05) is 36.3 Å². The number of hydrogen-bond donors (Lipinski definition) is 2. The SMILES string of the molecule is Cn1nccc1-c1ccc2n[nH]c(CC(N)=S)c2c1. The van der Waals surface area contributed by atoms with Crippen molar-refractivity contribution in [2.75, 3.05) is 0 Å². The summed E-state index contributed by atoms with van der Waals surface area (Å²) in [6.07, 6.45) is 2.31. The first-order chi connectivity index (χ1) is 9.15. The van der Waals surface area contributed by atoms with Gasteiger partial charge in [0.1, 0.15) is 0 Å². The number of H-pyrrole nitrogens is 1. The van der Waals surface area contributed by atoms with E-state index in [1.54, 1.807) is 6.20 Å². The lowest BCUT2D eigenvalue weighted by Gasteiger charge is -2.03. The number of aryl methyl sites for hydroxylation is 1. The molecule has 96 valence electrons. The molecule has 0 spiro atoms. The minimum Gasteiger partial charge on any atom is -0.393 e. The number of thiocarbonyl (C=S) groups is 1. The number of aromatic nitrogens is 4. The van der Waals surface area contributed by atoms with Gasteiger partial charge in [0.15, 0.2) is 0 Å². The maximum absolute atomic E-state index is 5.60. The van der Waals surface area contributed by atoms with E-state index in [0.29, 0.717) is 11.4 Å². The standard InChI is InChI=1S/C13H13N5S/c1-18-12(4-5-15-18)8-2-3-10-9(6-8)11(17-16-10)7-13(14)19/h2-6H,7H2,1H3,(H2,14,19)(H,16,17). The van der Waals surface area contributed by atoms with Crippen LogP contribution >= 0.6 is 12.2 Å². The number of fused-ring (bicyclic) bond motifs is 1. The summed E-state index contributed by atoms with van der Waals surface area (Å²) in [6.45, 7) is 0. The second kappa shape index (κ2) is 4.47.